The van der Waals surface area contributed by atoms with Crippen LogP contribution in [0.15, 0.2) is 28.9 Å². The van der Waals surface area contributed by atoms with Gasteiger partial charge in [0.1, 0.15) is 11.5 Å². The third-order valence-electron chi connectivity index (χ3n) is 2.96. The van der Waals surface area contributed by atoms with Crippen LogP contribution in [0, 0.1) is 6.92 Å². The Morgan fingerprint density at radius 2 is 2.18 bits per heavy atom. The van der Waals surface area contributed by atoms with Gasteiger partial charge in [0.2, 0.25) is 0 Å². The highest BCUT2D eigenvalue weighted by molar-refractivity contribution is 5.92. The minimum Gasteiger partial charge on any atom is -0.360 e. The molecule has 0 saturated heterocycles. The van der Waals surface area contributed by atoms with Gasteiger partial charge < -0.3 is 20.1 Å². The lowest BCUT2D eigenvalue weighted by Crippen LogP contribution is -2.27. The van der Waals surface area contributed by atoms with E-state index in [-0.39, 0.29) is 5.91 Å². The quantitative estimate of drug-likeness (QED) is 0.759. The van der Waals surface area contributed by atoms with Crippen LogP contribution in [0.4, 0.5) is 11.5 Å². The fourth-order valence-electron chi connectivity index (χ4n) is 1.86. The zero-order valence-corrected chi connectivity index (χ0v) is 13.1. The summed E-state index contributed by atoms with van der Waals surface area (Å²) in [5.74, 6) is 1.17. The van der Waals surface area contributed by atoms with Crippen LogP contribution in [0.1, 0.15) is 22.7 Å². The van der Waals surface area contributed by atoms with E-state index in [1.165, 1.54) is 0 Å². The Balaban J connectivity index is 1.84. The number of nitrogens with one attached hydrogen (secondary N) is 2. The minimum atomic E-state index is -0.164. The second-order valence-electron chi connectivity index (χ2n) is 5.29. The number of hydrogen-bond donors (Lipinski definition) is 2. The molecule has 7 nitrogen and oxygen atoms in total. The standard InChI is InChI=1S/C15H21N5O2/c1-11-9-14(19-22-11)18-12-5-6-13(17-10-12)15(21)16-7-4-8-20(2)3/h5-6,9-10H,4,7-8H2,1-3H3,(H,16,21)(H,18,19). The maximum atomic E-state index is 11.9. The van der Waals surface area contributed by atoms with Crippen molar-refractivity contribution in [2.45, 2.75) is 13.3 Å². The van der Waals surface area contributed by atoms with Crippen molar-refractivity contribution in [2.24, 2.45) is 0 Å². The van der Waals surface area contributed by atoms with Crippen LogP contribution in [0.2, 0.25) is 0 Å². The zero-order valence-electron chi connectivity index (χ0n) is 13.1. The summed E-state index contributed by atoms with van der Waals surface area (Å²) in [6.45, 7) is 3.39. The molecule has 0 atom stereocenters. The lowest BCUT2D eigenvalue weighted by molar-refractivity contribution is 0.0947. The van der Waals surface area contributed by atoms with Gasteiger partial charge in [0.15, 0.2) is 5.82 Å². The van der Waals surface area contributed by atoms with Gasteiger partial charge in [0.25, 0.3) is 5.91 Å². The molecule has 22 heavy (non-hydrogen) atoms. The molecule has 2 N–H and O–H groups in total. The Morgan fingerprint density at radius 3 is 2.77 bits per heavy atom. The molecule has 0 radical (unpaired) electrons. The lowest BCUT2D eigenvalue weighted by atomic mass is 10.3. The SMILES string of the molecule is Cc1cc(Nc2ccc(C(=O)NCCCN(C)C)nc2)no1. The normalized spacial score (nSPS) is 10.7. The highest BCUT2D eigenvalue weighted by Crippen LogP contribution is 2.15. The fraction of sp³-hybridized carbons (Fsp3) is 0.400. The first-order valence-corrected chi connectivity index (χ1v) is 7.14. The molecule has 0 aliphatic rings. The Hall–Kier alpha value is -2.41. The first kappa shape index (κ1) is 16.0. The average molecular weight is 303 g/mol. The van der Waals surface area contributed by atoms with E-state index in [9.17, 15) is 4.79 Å². The predicted molar refractivity (Wildman–Crippen MR) is 84.3 cm³/mol. The van der Waals surface area contributed by atoms with E-state index in [4.69, 9.17) is 4.52 Å². The molecule has 0 aliphatic carbocycles. The smallest absolute Gasteiger partial charge is 0.269 e. The molecule has 2 rings (SSSR count). The Kier molecular flexibility index (Phi) is 5.48. The van der Waals surface area contributed by atoms with Crippen LogP contribution in [-0.4, -0.2) is 48.1 Å². The van der Waals surface area contributed by atoms with Crippen molar-refractivity contribution in [1.29, 1.82) is 0 Å². The van der Waals surface area contributed by atoms with E-state index in [2.05, 4.69) is 25.7 Å². The third kappa shape index (κ3) is 4.85. The van der Waals surface area contributed by atoms with Crippen molar-refractivity contribution in [3.8, 4) is 0 Å². The molecule has 2 aromatic heterocycles. The maximum absolute atomic E-state index is 11.9. The van der Waals surface area contributed by atoms with Crippen LogP contribution < -0.4 is 10.6 Å². The summed E-state index contributed by atoms with van der Waals surface area (Å²) in [6.07, 6.45) is 2.50. The summed E-state index contributed by atoms with van der Waals surface area (Å²) < 4.78 is 4.97. The van der Waals surface area contributed by atoms with Gasteiger partial charge in [-0.05, 0) is 46.1 Å². The van der Waals surface area contributed by atoms with Crippen molar-refractivity contribution >= 4 is 17.4 Å². The summed E-state index contributed by atoms with van der Waals surface area (Å²) in [7, 11) is 4.01. The van der Waals surface area contributed by atoms with E-state index in [1.54, 1.807) is 24.4 Å². The Labute approximate surface area is 129 Å². The number of pyridine rings is 1. The van der Waals surface area contributed by atoms with Crippen LogP contribution in [0.25, 0.3) is 0 Å². The van der Waals surface area contributed by atoms with E-state index < -0.39 is 0 Å². The minimum absolute atomic E-state index is 0.164. The van der Waals surface area contributed by atoms with Gasteiger partial charge in [-0.3, -0.25) is 4.79 Å². The van der Waals surface area contributed by atoms with Crippen molar-refractivity contribution in [2.75, 3.05) is 32.5 Å². The number of nitrogens with zero attached hydrogens (tertiary/aromatic N) is 3. The van der Waals surface area contributed by atoms with Crippen molar-refractivity contribution in [1.82, 2.24) is 20.4 Å². The summed E-state index contributed by atoms with van der Waals surface area (Å²) in [6, 6.07) is 5.24. The van der Waals surface area contributed by atoms with Gasteiger partial charge in [-0.1, -0.05) is 5.16 Å². The number of hydrogen-bond acceptors (Lipinski definition) is 6. The first-order chi connectivity index (χ1) is 10.5. The van der Waals surface area contributed by atoms with Crippen LogP contribution in [0.3, 0.4) is 0 Å². The van der Waals surface area contributed by atoms with E-state index in [0.717, 1.165) is 24.4 Å². The first-order valence-electron chi connectivity index (χ1n) is 7.14. The molecule has 7 heteroatoms. The molecular formula is C15H21N5O2. The maximum Gasteiger partial charge on any atom is 0.269 e. The highest BCUT2D eigenvalue weighted by atomic mass is 16.5. The number of anilines is 2. The molecule has 2 heterocycles. The molecule has 0 fully saturated rings. The summed E-state index contributed by atoms with van der Waals surface area (Å²) in [4.78, 5) is 18.2. The fourth-order valence-corrected chi connectivity index (χ4v) is 1.86. The molecule has 0 aliphatic heterocycles. The van der Waals surface area contributed by atoms with Gasteiger partial charge >= 0.3 is 0 Å². The number of carbonyl (C=O) groups is 1. The second-order valence-corrected chi connectivity index (χ2v) is 5.29. The molecule has 0 saturated carbocycles. The predicted octanol–water partition coefficient (Wildman–Crippen LogP) is 1.80. The third-order valence-corrected chi connectivity index (χ3v) is 2.96. The van der Waals surface area contributed by atoms with Gasteiger partial charge in [0, 0.05) is 12.6 Å². The number of aryl methyl sites for hydroxylation is 1. The monoisotopic (exact) mass is 303 g/mol. The lowest BCUT2D eigenvalue weighted by Gasteiger charge is -2.09. The highest BCUT2D eigenvalue weighted by Gasteiger charge is 2.07. The Morgan fingerprint density at radius 1 is 1.36 bits per heavy atom. The number of carbonyl (C=O) groups excluding carboxylic acids is 1. The van der Waals surface area contributed by atoms with Crippen molar-refractivity contribution in [3.63, 3.8) is 0 Å². The molecule has 0 bridgehead atoms. The zero-order chi connectivity index (χ0) is 15.9. The summed E-state index contributed by atoms with van der Waals surface area (Å²) in [5, 5.41) is 9.74. The van der Waals surface area contributed by atoms with E-state index in [0.29, 0.717) is 18.1 Å². The largest absolute Gasteiger partial charge is 0.360 e. The molecule has 0 spiro atoms. The summed E-state index contributed by atoms with van der Waals surface area (Å²) in [5.41, 5.74) is 1.14. The molecule has 118 valence electrons. The number of rotatable bonds is 7. The van der Waals surface area contributed by atoms with Gasteiger partial charge in [0.05, 0.1) is 11.9 Å². The summed E-state index contributed by atoms with van der Waals surface area (Å²) >= 11 is 0. The molecule has 2 aromatic rings. The van der Waals surface area contributed by atoms with Gasteiger partial charge in [-0.25, -0.2) is 4.98 Å². The van der Waals surface area contributed by atoms with Crippen molar-refractivity contribution < 1.29 is 9.32 Å². The number of amides is 1. The van der Waals surface area contributed by atoms with E-state index in [1.807, 2.05) is 21.0 Å². The van der Waals surface area contributed by atoms with Crippen LogP contribution in [0.5, 0.6) is 0 Å². The number of aromatic nitrogens is 2. The van der Waals surface area contributed by atoms with Crippen molar-refractivity contribution in [3.05, 3.63) is 35.9 Å². The second kappa shape index (κ2) is 7.56. The molecule has 0 aromatic carbocycles. The van der Waals surface area contributed by atoms with Crippen LogP contribution >= 0.6 is 0 Å². The van der Waals surface area contributed by atoms with E-state index >= 15 is 0 Å². The topological polar surface area (TPSA) is 83.3 Å². The molecule has 0 unspecified atom stereocenters. The van der Waals surface area contributed by atoms with Gasteiger partial charge in [-0.2, -0.15) is 0 Å². The van der Waals surface area contributed by atoms with Crippen LogP contribution in [-0.2, 0) is 0 Å². The van der Waals surface area contributed by atoms with Gasteiger partial charge in [-0.15, -0.1) is 0 Å². The average Bonchev–Trinajstić information content (AvgIpc) is 2.89. The molecular weight excluding hydrogens is 282 g/mol. The molecule has 1 amide bonds. The Bertz CT molecular complexity index is 607.